The molecule has 1 atom stereocenters. The monoisotopic (exact) mass is 271 g/mol. The highest BCUT2D eigenvalue weighted by atomic mass is 32.1. The van der Waals surface area contributed by atoms with Crippen LogP contribution in [0, 0.1) is 5.41 Å². The van der Waals surface area contributed by atoms with Gasteiger partial charge in [0.15, 0.2) is 0 Å². The van der Waals surface area contributed by atoms with Crippen LogP contribution in [0.2, 0.25) is 0 Å². The number of rotatable bonds is 3. The molecule has 1 aliphatic carbocycles. The van der Waals surface area contributed by atoms with Crippen LogP contribution in [0.25, 0.3) is 10.4 Å². The Labute approximate surface area is 119 Å². The van der Waals surface area contributed by atoms with Crippen molar-refractivity contribution in [3.8, 4) is 10.4 Å². The van der Waals surface area contributed by atoms with Crippen molar-refractivity contribution in [1.82, 2.24) is 0 Å². The zero-order chi connectivity index (χ0) is 13.3. The molecule has 2 heteroatoms. The largest absolute Gasteiger partial charge is 0.382 e. The van der Waals surface area contributed by atoms with Gasteiger partial charge in [0.1, 0.15) is 0 Å². The Morgan fingerprint density at radius 2 is 2.00 bits per heavy atom. The third-order valence-corrected chi connectivity index (χ3v) is 4.95. The Bertz CT molecular complexity index is 542. The predicted molar refractivity (Wildman–Crippen MR) is 84.8 cm³/mol. The van der Waals surface area contributed by atoms with Crippen LogP contribution in [-0.4, -0.2) is 6.04 Å². The minimum absolute atomic E-state index is 0.496. The summed E-state index contributed by atoms with van der Waals surface area (Å²) in [6, 6.07) is 13.6. The van der Waals surface area contributed by atoms with Crippen LogP contribution in [0.4, 0.5) is 5.69 Å². The number of hydrogen-bond acceptors (Lipinski definition) is 2. The number of thiophene rings is 1. The van der Waals surface area contributed by atoms with Gasteiger partial charge < -0.3 is 5.32 Å². The van der Waals surface area contributed by atoms with Gasteiger partial charge in [-0.1, -0.05) is 38.1 Å². The first-order valence-electron chi connectivity index (χ1n) is 7.03. The maximum absolute atomic E-state index is 3.76. The molecule has 1 aromatic carbocycles. The molecule has 0 saturated heterocycles. The summed E-state index contributed by atoms with van der Waals surface area (Å²) in [4.78, 5) is 1.35. The second kappa shape index (κ2) is 5.01. The molecule has 1 nitrogen and oxygen atoms in total. The van der Waals surface area contributed by atoms with Crippen molar-refractivity contribution < 1.29 is 0 Å². The summed E-state index contributed by atoms with van der Waals surface area (Å²) in [7, 11) is 0. The number of hydrogen-bond donors (Lipinski definition) is 1. The second-order valence-electron chi connectivity index (χ2n) is 6.27. The zero-order valence-electron chi connectivity index (χ0n) is 11.6. The molecule has 1 heterocycles. The summed E-state index contributed by atoms with van der Waals surface area (Å²) in [6.45, 7) is 4.75. The van der Waals surface area contributed by atoms with Gasteiger partial charge in [0, 0.05) is 22.2 Å². The van der Waals surface area contributed by atoms with E-state index in [4.69, 9.17) is 0 Å². The van der Waals surface area contributed by atoms with Crippen LogP contribution in [0.1, 0.15) is 33.1 Å². The van der Waals surface area contributed by atoms with Crippen molar-refractivity contribution in [3.63, 3.8) is 0 Å². The van der Waals surface area contributed by atoms with Crippen LogP contribution in [0.15, 0.2) is 41.8 Å². The molecule has 0 amide bonds. The van der Waals surface area contributed by atoms with E-state index in [1.165, 1.54) is 35.4 Å². The third kappa shape index (κ3) is 2.84. The molecule has 1 N–H and O–H groups in total. The van der Waals surface area contributed by atoms with Crippen molar-refractivity contribution in [2.75, 3.05) is 5.32 Å². The molecule has 1 fully saturated rings. The van der Waals surface area contributed by atoms with Gasteiger partial charge in [0.25, 0.3) is 0 Å². The van der Waals surface area contributed by atoms with E-state index in [1.807, 2.05) is 11.3 Å². The van der Waals surface area contributed by atoms with Gasteiger partial charge >= 0.3 is 0 Å². The zero-order valence-corrected chi connectivity index (χ0v) is 12.5. The van der Waals surface area contributed by atoms with Gasteiger partial charge in [-0.15, -0.1) is 11.3 Å². The summed E-state index contributed by atoms with van der Waals surface area (Å²) in [5.74, 6) is 0. The molecule has 1 saturated carbocycles. The highest BCUT2D eigenvalue weighted by Crippen LogP contribution is 2.40. The molecule has 3 rings (SSSR count). The minimum Gasteiger partial charge on any atom is -0.382 e. The summed E-state index contributed by atoms with van der Waals surface area (Å²) < 4.78 is 0. The summed E-state index contributed by atoms with van der Waals surface area (Å²) in [5, 5.41) is 5.90. The minimum atomic E-state index is 0.496. The molecule has 0 aliphatic heterocycles. The van der Waals surface area contributed by atoms with E-state index in [-0.39, 0.29) is 0 Å². The fourth-order valence-corrected chi connectivity index (χ4v) is 3.80. The number of para-hydroxylation sites is 1. The lowest BCUT2D eigenvalue weighted by molar-refractivity contribution is 0.378. The van der Waals surface area contributed by atoms with Crippen LogP contribution in [-0.2, 0) is 0 Å². The van der Waals surface area contributed by atoms with Crippen molar-refractivity contribution in [1.29, 1.82) is 0 Å². The first kappa shape index (κ1) is 12.7. The lowest BCUT2D eigenvalue weighted by atomic mass is 9.92. The molecular formula is C17H21NS. The first-order valence-corrected chi connectivity index (χ1v) is 7.91. The molecule has 0 spiro atoms. The van der Waals surface area contributed by atoms with E-state index < -0.39 is 0 Å². The predicted octanol–water partition coefficient (Wildman–Crippen LogP) is 5.41. The Hall–Kier alpha value is -1.28. The SMILES string of the molecule is CC1(C)CCC(Nc2ccccc2-c2cccs2)C1. The molecule has 2 aromatic rings. The van der Waals surface area contributed by atoms with Crippen molar-refractivity contribution in [3.05, 3.63) is 41.8 Å². The molecule has 0 radical (unpaired) electrons. The van der Waals surface area contributed by atoms with Gasteiger partial charge in [0.05, 0.1) is 0 Å². The summed E-state index contributed by atoms with van der Waals surface area (Å²) in [5.41, 5.74) is 3.12. The van der Waals surface area contributed by atoms with Crippen molar-refractivity contribution >= 4 is 17.0 Å². The fourth-order valence-electron chi connectivity index (χ4n) is 3.03. The summed E-state index contributed by atoms with van der Waals surface area (Å²) in [6.07, 6.45) is 3.88. The van der Waals surface area contributed by atoms with E-state index in [2.05, 4.69) is 60.9 Å². The second-order valence-corrected chi connectivity index (χ2v) is 7.22. The topological polar surface area (TPSA) is 12.0 Å². The van der Waals surface area contributed by atoms with Crippen molar-refractivity contribution in [2.45, 2.75) is 39.2 Å². The molecule has 1 unspecified atom stereocenters. The van der Waals surface area contributed by atoms with Crippen LogP contribution < -0.4 is 5.32 Å². The van der Waals surface area contributed by atoms with Crippen LogP contribution in [0.5, 0.6) is 0 Å². The molecule has 1 aromatic heterocycles. The quantitative estimate of drug-likeness (QED) is 0.787. The van der Waals surface area contributed by atoms with Gasteiger partial charge in [0.2, 0.25) is 0 Å². The van der Waals surface area contributed by atoms with Crippen molar-refractivity contribution in [2.24, 2.45) is 5.41 Å². The summed E-state index contributed by atoms with van der Waals surface area (Å²) >= 11 is 1.81. The van der Waals surface area contributed by atoms with Gasteiger partial charge in [-0.2, -0.15) is 0 Å². The molecule has 100 valence electrons. The highest BCUT2D eigenvalue weighted by Gasteiger charge is 2.30. The van der Waals surface area contributed by atoms with E-state index >= 15 is 0 Å². The van der Waals surface area contributed by atoms with Crippen LogP contribution in [0.3, 0.4) is 0 Å². The highest BCUT2D eigenvalue weighted by molar-refractivity contribution is 7.13. The smallest absolute Gasteiger partial charge is 0.0430 e. The maximum atomic E-state index is 3.76. The third-order valence-electron chi connectivity index (χ3n) is 4.04. The number of benzene rings is 1. The van der Waals surface area contributed by atoms with Crippen LogP contribution >= 0.6 is 11.3 Å². The number of anilines is 1. The molecular weight excluding hydrogens is 250 g/mol. The Morgan fingerprint density at radius 1 is 1.16 bits per heavy atom. The van der Waals surface area contributed by atoms with Gasteiger partial charge in [-0.05, 0) is 42.2 Å². The normalized spacial score (nSPS) is 21.5. The standard InChI is InChI=1S/C17H21NS/c1-17(2)10-9-13(12-17)18-15-7-4-3-6-14(15)16-8-5-11-19-16/h3-8,11,13,18H,9-10,12H2,1-2H3. The number of nitrogens with one attached hydrogen (secondary N) is 1. The Morgan fingerprint density at radius 3 is 2.68 bits per heavy atom. The van der Waals surface area contributed by atoms with E-state index in [9.17, 15) is 0 Å². The van der Waals surface area contributed by atoms with E-state index in [0.29, 0.717) is 11.5 Å². The first-order chi connectivity index (χ1) is 9.14. The van der Waals surface area contributed by atoms with Gasteiger partial charge in [-0.3, -0.25) is 0 Å². The lowest BCUT2D eigenvalue weighted by Gasteiger charge is -2.20. The average molecular weight is 271 g/mol. The van der Waals surface area contributed by atoms with E-state index in [0.717, 1.165) is 0 Å². The molecule has 19 heavy (non-hydrogen) atoms. The van der Waals surface area contributed by atoms with Gasteiger partial charge in [-0.25, -0.2) is 0 Å². The Balaban J connectivity index is 1.82. The maximum Gasteiger partial charge on any atom is 0.0430 e. The average Bonchev–Trinajstić information content (AvgIpc) is 3.00. The Kier molecular flexibility index (Phi) is 3.36. The lowest BCUT2D eigenvalue weighted by Crippen LogP contribution is -2.17. The fraction of sp³-hybridized carbons (Fsp3) is 0.412. The molecule has 1 aliphatic rings. The van der Waals surface area contributed by atoms with E-state index in [1.54, 1.807) is 0 Å². The molecule has 0 bridgehead atoms.